The largest absolute Gasteiger partial charge is 0.435 e. The summed E-state index contributed by atoms with van der Waals surface area (Å²) >= 11 is 0. The average Bonchev–Trinajstić information content (AvgIpc) is 1.61. The monoisotopic (exact) mass is 1750 g/mol. The third-order valence-corrected chi connectivity index (χ3v) is 19.5. The van der Waals surface area contributed by atoms with Gasteiger partial charge in [0.2, 0.25) is 71.4 Å². The molecule has 4 aliphatic carbocycles. The number of ether oxygens (including phenoxy) is 2. The van der Waals surface area contributed by atoms with E-state index < -0.39 is 77.4 Å². The molecule has 0 atom stereocenters. The van der Waals surface area contributed by atoms with Crippen molar-refractivity contribution in [3.63, 3.8) is 0 Å². The zero-order valence-electron chi connectivity index (χ0n) is 64.2. The van der Waals surface area contributed by atoms with E-state index >= 15 is 0 Å². The van der Waals surface area contributed by atoms with Crippen LogP contribution < -0.4 is 53.7 Å². The molecule has 126 heavy (non-hydrogen) atoms. The Bertz CT molecular complexity index is 6800. The lowest BCUT2D eigenvalue weighted by atomic mass is 10.2. The molecule has 0 amide bonds. The van der Waals surface area contributed by atoms with Crippen molar-refractivity contribution in [3.8, 4) is 35.3 Å². The maximum Gasteiger partial charge on any atom is 0.416 e. The molecule has 8 heterocycles. The normalized spacial score (nSPS) is 13.9. The molecule has 8 aromatic carbocycles. The van der Waals surface area contributed by atoms with E-state index in [1.165, 1.54) is 77.4 Å². The first-order valence-electron chi connectivity index (χ1n) is 38.0. The Balaban J connectivity index is 0.000000119. The van der Waals surface area contributed by atoms with E-state index in [0.29, 0.717) is 51.2 Å². The summed E-state index contributed by atoms with van der Waals surface area (Å²) in [4.78, 5) is 67.8. The van der Waals surface area contributed by atoms with E-state index in [0.717, 1.165) is 99.9 Å². The third kappa shape index (κ3) is 18.4. The van der Waals surface area contributed by atoms with E-state index in [9.17, 15) is 70.2 Å². The molecule has 16 aromatic rings. The Morgan fingerprint density at radius 3 is 0.921 bits per heavy atom. The molecule has 8 aromatic heterocycles. The first-order valence-corrected chi connectivity index (χ1v) is 38.0. The van der Waals surface area contributed by atoms with Gasteiger partial charge in [-0.05, 0) is 173 Å². The van der Waals surface area contributed by atoms with Crippen molar-refractivity contribution in [3.05, 3.63) is 227 Å². The van der Waals surface area contributed by atoms with E-state index in [4.69, 9.17) is 22.9 Å². The molecular formula is C80H60F16N28O2. The summed E-state index contributed by atoms with van der Waals surface area (Å²) < 4.78 is 226. The standard InChI is InChI=1S/C20H14F5N7.C20H15F4N7O.C20H15F4N7.C20H16F3N7O/c21-11-7-13(22)15-14(8-11)32(16(28-15)9-1-2-9)19-30-17(26)29-18(31-19)27-12-5-3-10(4-6-12)20(23,24)25;21-11-2-1-3-13-15(11)27-16(9-4-5-9)31(13)20-29-18(25)28-19(30-20)26-10-6-7-14(12(22)8-10)32-17(23)24;21-13-2-1-3-14-15(13)27-16(10-4-5-10)31(14)19-29-17(25)28-18(30-19)26-12-8-6-11(7-9-12)20(22,23)24;21-13-2-1-3-14-15(13)26-16(10-4-5-10)30(14)20-28-18(24)27-19(29-20)25-11-6-8-12(9-7-11)31-17(22)23/h3-9H,1-2H2,(H3,26,27,29,30,31);1-3,6-9,17H,4-5H2,(H3,25,26,28,29,30);1-3,6-10H,4-5H2,(H3,25,26,28,29,30);1-3,6-10,17H,4-5H2,(H3,24,25,27,28,29). The van der Waals surface area contributed by atoms with Crippen LogP contribution in [0.4, 0.5) is 141 Å². The van der Waals surface area contributed by atoms with Crippen LogP contribution in [0.3, 0.4) is 0 Å². The third-order valence-electron chi connectivity index (χ3n) is 19.5. The number of nitrogens with zero attached hydrogens (tertiary/aromatic N) is 20. The van der Waals surface area contributed by atoms with E-state index in [-0.39, 0.29) is 140 Å². The minimum absolute atomic E-state index is 0.0127. The maximum atomic E-state index is 14.3. The van der Waals surface area contributed by atoms with Crippen molar-refractivity contribution in [2.24, 2.45) is 0 Å². The van der Waals surface area contributed by atoms with Crippen LogP contribution in [0.1, 0.15) is 109 Å². The quantitative estimate of drug-likeness (QED) is 0.0329. The van der Waals surface area contributed by atoms with Gasteiger partial charge in [0.05, 0.1) is 33.2 Å². The first-order chi connectivity index (χ1) is 60.3. The fraction of sp³-hybridized carbons (Fsp3) is 0.200. The number of anilines is 12. The van der Waals surface area contributed by atoms with Gasteiger partial charge < -0.3 is 53.7 Å². The Kier molecular flexibility index (Phi) is 22.0. The second-order valence-corrected chi connectivity index (χ2v) is 28.7. The minimum Gasteiger partial charge on any atom is -0.435 e. The topological polar surface area (TPSA) is 397 Å². The molecule has 30 nitrogen and oxygen atoms in total. The lowest BCUT2D eigenvalue weighted by Gasteiger charge is -2.11. The highest BCUT2D eigenvalue weighted by Gasteiger charge is 2.38. The Hall–Kier alpha value is -15.4. The average molecular weight is 1750 g/mol. The summed E-state index contributed by atoms with van der Waals surface area (Å²) in [6.07, 6.45) is -1.70. The van der Waals surface area contributed by atoms with Gasteiger partial charge in [0.1, 0.15) is 56.9 Å². The molecule has 0 unspecified atom stereocenters. The lowest BCUT2D eigenvalue weighted by molar-refractivity contribution is -0.138. The van der Waals surface area contributed by atoms with Crippen LogP contribution in [0, 0.1) is 34.9 Å². The number of nitrogens with two attached hydrogens (primary N) is 4. The fourth-order valence-corrected chi connectivity index (χ4v) is 13.3. The zero-order chi connectivity index (χ0) is 88.3. The zero-order valence-corrected chi connectivity index (χ0v) is 64.2. The molecule has 0 bridgehead atoms. The van der Waals surface area contributed by atoms with Gasteiger partial charge in [-0.15, -0.1) is 0 Å². The van der Waals surface area contributed by atoms with Crippen LogP contribution >= 0.6 is 0 Å². The number of para-hydroxylation sites is 3. The Morgan fingerprint density at radius 2 is 0.611 bits per heavy atom. The second kappa shape index (κ2) is 33.4. The van der Waals surface area contributed by atoms with Crippen molar-refractivity contribution in [1.82, 2.24) is 98.0 Å². The van der Waals surface area contributed by atoms with Gasteiger partial charge >= 0.3 is 25.6 Å². The first kappa shape index (κ1) is 82.9. The van der Waals surface area contributed by atoms with Crippen molar-refractivity contribution in [1.29, 1.82) is 0 Å². The maximum absolute atomic E-state index is 14.3. The van der Waals surface area contributed by atoms with Crippen LogP contribution in [0.5, 0.6) is 11.5 Å². The number of hydrogen-bond donors (Lipinski definition) is 8. The highest BCUT2D eigenvalue weighted by Crippen LogP contribution is 2.47. The van der Waals surface area contributed by atoms with Gasteiger partial charge in [-0.3, -0.25) is 18.3 Å². The van der Waals surface area contributed by atoms with Gasteiger partial charge in [0.15, 0.2) is 34.8 Å². The van der Waals surface area contributed by atoms with Gasteiger partial charge in [0.25, 0.3) is 0 Å². The number of aromatic nitrogens is 20. The van der Waals surface area contributed by atoms with E-state index in [1.807, 2.05) is 0 Å². The summed E-state index contributed by atoms with van der Waals surface area (Å²) in [7, 11) is 0. The molecule has 0 spiro atoms. The summed E-state index contributed by atoms with van der Waals surface area (Å²) in [5.74, 6) is -1.46. The van der Waals surface area contributed by atoms with Gasteiger partial charge in [-0.1, -0.05) is 18.2 Å². The molecule has 644 valence electrons. The number of hydrogen-bond acceptors (Lipinski definition) is 26. The number of benzene rings is 8. The van der Waals surface area contributed by atoms with E-state index in [1.54, 1.807) is 50.1 Å². The molecule has 4 saturated carbocycles. The minimum atomic E-state index is -4.46. The molecule has 0 saturated heterocycles. The van der Waals surface area contributed by atoms with Gasteiger partial charge in [0, 0.05) is 64.6 Å². The molecular weight excluding hydrogens is 1690 g/mol. The number of rotatable bonds is 20. The number of nitrogen functional groups attached to an aromatic ring is 4. The van der Waals surface area contributed by atoms with Crippen molar-refractivity contribution < 1.29 is 79.7 Å². The fourth-order valence-electron chi connectivity index (χ4n) is 13.3. The highest BCUT2D eigenvalue weighted by atomic mass is 19.4. The summed E-state index contributed by atoms with van der Waals surface area (Å²) in [5.41, 5.74) is 25.4. The number of imidazole rings is 4. The number of alkyl halides is 10. The van der Waals surface area contributed by atoms with Crippen LogP contribution in [0.2, 0.25) is 0 Å². The van der Waals surface area contributed by atoms with E-state index in [2.05, 4.69) is 110 Å². The summed E-state index contributed by atoms with van der Waals surface area (Å²) in [5, 5.41) is 11.3. The predicted octanol–water partition coefficient (Wildman–Crippen LogP) is 17.7. The number of halogens is 16. The lowest BCUT2D eigenvalue weighted by Crippen LogP contribution is -2.11. The predicted molar refractivity (Wildman–Crippen MR) is 425 cm³/mol. The Morgan fingerprint density at radius 1 is 0.310 bits per heavy atom. The highest BCUT2D eigenvalue weighted by molar-refractivity contribution is 5.82. The smallest absolute Gasteiger partial charge is 0.416 e. The molecule has 12 N–H and O–H groups in total. The summed E-state index contributed by atoms with van der Waals surface area (Å²) in [6, 6.07) is 33.6. The summed E-state index contributed by atoms with van der Waals surface area (Å²) in [6.45, 7) is -6.05. The van der Waals surface area contributed by atoms with Crippen LogP contribution in [-0.2, 0) is 12.4 Å². The number of fused-ring (bicyclic) bond motifs is 4. The SMILES string of the molecule is Nc1nc(Nc2ccc(C(F)(F)F)cc2)nc(-n2c(C3CC3)nc3c(F)cc(F)cc32)n1.Nc1nc(Nc2ccc(C(F)(F)F)cc2)nc(-n2c(C3CC3)nc3c(F)cccc32)n1.Nc1nc(Nc2ccc(OC(F)F)c(F)c2)nc(-n2c(C3CC3)nc3c(F)cccc32)n1.Nc1nc(Nc2ccc(OC(F)F)cc2)nc(-n2c(C3CC3)nc3c(F)cccc32)n1. The molecule has 46 heteroatoms. The number of nitrogens with one attached hydrogen (secondary N) is 4. The Labute approximate surface area is 696 Å². The second-order valence-electron chi connectivity index (χ2n) is 28.7. The van der Waals surface area contributed by atoms with Crippen LogP contribution in [0.25, 0.3) is 67.9 Å². The molecule has 0 aliphatic heterocycles. The molecule has 4 aliphatic rings. The molecule has 0 radical (unpaired) electrons. The van der Waals surface area contributed by atoms with Crippen molar-refractivity contribution in [2.45, 2.75) is 101 Å². The van der Waals surface area contributed by atoms with Crippen molar-refractivity contribution >= 4 is 114 Å². The van der Waals surface area contributed by atoms with Crippen LogP contribution in [0.15, 0.2) is 158 Å². The molecule has 20 rings (SSSR count). The van der Waals surface area contributed by atoms with Gasteiger partial charge in [-0.25, -0.2) is 46.3 Å². The van der Waals surface area contributed by atoms with Gasteiger partial charge in [-0.2, -0.15) is 104 Å². The molecule has 4 fully saturated rings. The van der Waals surface area contributed by atoms with Crippen molar-refractivity contribution in [2.75, 3.05) is 44.2 Å². The van der Waals surface area contributed by atoms with Crippen LogP contribution in [-0.4, -0.2) is 111 Å².